The molecule has 3 atom stereocenters. The van der Waals surface area contributed by atoms with Gasteiger partial charge in [-0.15, -0.1) is 0 Å². The van der Waals surface area contributed by atoms with Gasteiger partial charge in [0.25, 0.3) is 0 Å². The highest BCUT2D eigenvalue weighted by molar-refractivity contribution is 5.57. The van der Waals surface area contributed by atoms with Crippen molar-refractivity contribution in [1.82, 2.24) is 5.32 Å². The van der Waals surface area contributed by atoms with Gasteiger partial charge in [0.2, 0.25) is 0 Å². The van der Waals surface area contributed by atoms with E-state index in [1.54, 1.807) is 0 Å². The maximum absolute atomic E-state index is 6.06. The molecule has 3 nitrogen and oxygen atoms in total. The van der Waals surface area contributed by atoms with Crippen molar-refractivity contribution in [2.75, 3.05) is 7.05 Å². The zero-order valence-corrected chi connectivity index (χ0v) is 12.2. The lowest BCUT2D eigenvalue weighted by Crippen LogP contribution is -2.24. The molecule has 2 aliphatic heterocycles. The molecule has 0 aliphatic carbocycles. The first-order valence-corrected chi connectivity index (χ1v) is 7.26. The standard InChI is InChI=1S/C16H23NO2/c1-9(17-4)5-14-13-7-11(3)18-15(13)8-12-6-10(2)19-16(12)14/h8-11,17H,5-7H2,1-4H3. The molecule has 1 aromatic carbocycles. The van der Waals surface area contributed by atoms with Gasteiger partial charge in [0, 0.05) is 35.6 Å². The zero-order chi connectivity index (χ0) is 13.6. The molecule has 1 N–H and O–H groups in total. The first kappa shape index (κ1) is 12.8. The summed E-state index contributed by atoms with van der Waals surface area (Å²) in [6.45, 7) is 6.49. The van der Waals surface area contributed by atoms with Crippen LogP contribution in [0.1, 0.15) is 37.5 Å². The monoisotopic (exact) mass is 261 g/mol. The first-order valence-electron chi connectivity index (χ1n) is 7.26. The van der Waals surface area contributed by atoms with Crippen molar-refractivity contribution >= 4 is 0 Å². The maximum Gasteiger partial charge on any atom is 0.126 e. The summed E-state index contributed by atoms with van der Waals surface area (Å²) in [6, 6.07) is 2.65. The predicted octanol–water partition coefficient (Wildman–Crippen LogP) is 2.48. The topological polar surface area (TPSA) is 30.5 Å². The first-order chi connectivity index (χ1) is 9.08. The number of rotatable bonds is 3. The zero-order valence-electron chi connectivity index (χ0n) is 12.2. The third-order valence-electron chi connectivity index (χ3n) is 4.18. The van der Waals surface area contributed by atoms with Gasteiger partial charge in [-0.2, -0.15) is 0 Å². The van der Waals surface area contributed by atoms with Gasteiger partial charge in [0.15, 0.2) is 0 Å². The highest BCUT2D eigenvalue weighted by atomic mass is 16.5. The molecule has 0 bridgehead atoms. The third-order valence-corrected chi connectivity index (χ3v) is 4.18. The van der Waals surface area contributed by atoms with Crippen LogP contribution in [0.15, 0.2) is 6.07 Å². The van der Waals surface area contributed by atoms with Crippen molar-refractivity contribution in [3.05, 3.63) is 22.8 Å². The molecule has 104 valence electrons. The van der Waals surface area contributed by atoms with Crippen LogP contribution in [0.5, 0.6) is 11.5 Å². The second-order valence-corrected chi connectivity index (χ2v) is 5.98. The van der Waals surface area contributed by atoms with Gasteiger partial charge in [0.05, 0.1) is 0 Å². The van der Waals surface area contributed by atoms with Crippen LogP contribution in [-0.2, 0) is 19.3 Å². The highest BCUT2D eigenvalue weighted by Gasteiger charge is 2.31. The Morgan fingerprint density at radius 3 is 2.74 bits per heavy atom. The summed E-state index contributed by atoms with van der Waals surface area (Å²) < 4.78 is 12.0. The molecular weight excluding hydrogens is 238 g/mol. The molecule has 3 heteroatoms. The Hall–Kier alpha value is -1.22. The van der Waals surface area contributed by atoms with Crippen molar-refractivity contribution in [3.63, 3.8) is 0 Å². The molecule has 0 radical (unpaired) electrons. The van der Waals surface area contributed by atoms with E-state index in [9.17, 15) is 0 Å². The minimum absolute atomic E-state index is 0.290. The summed E-state index contributed by atoms with van der Waals surface area (Å²) in [7, 11) is 2.01. The molecule has 1 aromatic rings. The summed E-state index contributed by atoms with van der Waals surface area (Å²) in [5.41, 5.74) is 4.05. The predicted molar refractivity (Wildman–Crippen MR) is 76.3 cm³/mol. The van der Waals surface area contributed by atoms with Crippen molar-refractivity contribution in [3.8, 4) is 11.5 Å². The number of hydrogen-bond acceptors (Lipinski definition) is 3. The maximum atomic E-state index is 6.06. The fourth-order valence-electron chi connectivity index (χ4n) is 3.14. The Kier molecular flexibility index (Phi) is 3.17. The van der Waals surface area contributed by atoms with Gasteiger partial charge in [0.1, 0.15) is 23.7 Å². The van der Waals surface area contributed by atoms with E-state index in [0.29, 0.717) is 18.2 Å². The number of ether oxygens (including phenoxy) is 2. The largest absolute Gasteiger partial charge is 0.490 e. The van der Waals surface area contributed by atoms with Crippen LogP contribution in [-0.4, -0.2) is 25.3 Å². The van der Waals surface area contributed by atoms with E-state index in [1.165, 1.54) is 16.7 Å². The number of benzene rings is 1. The van der Waals surface area contributed by atoms with Crippen LogP contribution >= 0.6 is 0 Å². The molecule has 0 saturated carbocycles. The SMILES string of the molecule is CNC(C)Cc1c2c(cc3c1OC(C)C3)OC(C)C2. The van der Waals surface area contributed by atoms with Crippen LogP contribution in [0.25, 0.3) is 0 Å². The Morgan fingerprint density at radius 2 is 2.00 bits per heavy atom. The smallest absolute Gasteiger partial charge is 0.126 e. The Balaban J connectivity index is 2.05. The molecule has 0 aromatic heterocycles. The van der Waals surface area contributed by atoms with E-state index in [1.807, 2.05) is 7.05 Å². The van der Waals surface area contributed by atoms with E-state index in [0.717, 1.165) is 30.8 Å². The summed E-state index contributed by atoms with van der Waals surface area (Å²) in [5.74, 6) is 2.22. The number of hydrogen-bond donors (Lipinski definition) is 1. The lowest BCUT2D eigenvalue weighted by molar-refractivity contribution is 0.251. The Bertz CT molecular complexity index is 462. The van der Waals surface area contributed by atoms with E-state index in [-0.39, 0.29) is 0 Å². The van der Waals surface area contributed by atoms with E-state index in [4.69, 9.17) is 9.47 Å². The molecule has 19 heavy (non-hydrogen) atoms. The lowest BCUT2D eigenvalue weighted by Gasteiger charge is -2.17. The fourth-order valence-corrected chi connectivity index (χ4v) is 3.14. The second-order valence-electron chi connectivity index (χ2n) is 5.98. The normalized spacial score (nSPS) is 25.5. The van der Waals surface area contributed by atoms with Crippen molar-refractivity contribution in [2.45, 2.75) is 58.3 Å². The van der Waals surface area contributed by atoms with Crippen LogP contribution in [0.4, 0.5) is 0 Å². The number of likely N-dealkylation sites (N-methyl/N-ethyl adjacent to an activating group) is 1. The molecule has 3 unspecified atom stereocenters. The molecule has 0 spiro atoms. The van der Waals surface area contributed by atoms with Gasteiger partial charge >= 0.3 is 0 Å². The quantitative estimate of drug-likeness (QED) is 0.906. The minimum atomic E-state index is 0.290. The van der Waals surface area contributed by atoms with Gasteiger partial charge in [-0.3, -0.25) is 0 Å². The van der Waals surface area contributed by atoms with Crippen molar-refractivity contribution < 1.29 is 9.47 Å². The fraction of sp³-hybridized carbons (Fsp3) is 0.625. The van der Waals surface area contributed by atoms with Crippen LogP contribution in [0.2, 0.25) is 0 Å². The Labute approximate surface area is 115 Å². The third kappa shape index (κ3) is 2.20. The number of fused-ring (bicyclic) bond motifs is 2. The second kappa shape index (κ2) is 4.71. The summed E-state index contributed by atoms with van der Waals surface area (Å²) >= 11 is 0. The summed E-state index contributed by atoms with van der Waals surface area (Å²) in [6.07, 6.45) is 3.59. The highest BCUT2D eigenvalue weighted by Crippen LogP contribution is 2.43. The average molecular weight is 261 g/mol. The van der Waals surface area contributed by atoms with Gasteiger partial charge in [-0.1, -0.05) is 0 Å². The van der Waals surface area contributed by atoms with Crippen LogP contribution < -0.4 is 14.8 Å². The molecule has 2 heterocycles. The van der Waals surface area contributed by atoms with Crippen LogP contribution in [0.3, 0.4) is 0 Å². The average Bonchev–Trinajstić information content (AvgIpc) is 2.90. The van der Waals surface area contributed by atoms with Gasteiger partial charge in [-0.25, -0.2) is 0 Å². The van der Waals surface area contributed by atoms with E-state index in [2.05, 4.69) is 32.2 Å². The molecule has 0 fully saturated rings. The molecule has 3 rings (SSSR count). The van der Waals surface area contributed by atoms with E-state index < -0.39 is 0 Å². The lowest BCUT2D eigenvalue weighted by atomic mass is 9.94. The Morgan fingerprint density at radius 1 is 1.26 bits per heavy atom. The van der Waals surface area contributed by atoms with Gasteiger partial charge < -0.3 is 14.8 Å². The summed E-state index contributed by atoms with van der Waals surface area (Å²) in [5, 5.41) is 3.32. The molecule has 2 aliphatic rings. The number of nitrogens with one attached hydrogen (secondary N) is 1. The van der Waals surface area contributed by atoms with E-state index >= 15 is 0 Å². The molecular formula is C16H23NO2. The molecule has 0 amide bonds. The summed E-state index contributed by atoms with van der Waals surface area (Å²) in [4.78, 5) is 0. The van der Waals surface area contributed by atoms with Crippen molar-refractivity contribution in [1.29, 1.82) is 0 Å². The van der Waals surface area contributed by atoms with Gasteiger partial charge in [-0.05, 0) is 40.3 Å². The molecule has 0 saturated heterocycles. The van der Waals surface area contributed by atoms with Crippen LogP contribution in [0, 0.1) is 0 Å². The van der Waals surface area contributed by atoms with Crippen molar-refractivity contribution in [2.24, 2.45) is 0 Å². The minimum Gasteiger partial charge on any atom is -0.490 e.